The molecule has 0 bridgehead atoms. The second kappa shape index (κ2) is 5.52. The largest absolute Gasteiger partial charge is 0.349 e. The number of amides is 1. The van der Waals surface area contributed by atoms with Gasteiger partial charge in [0.25, 0.3) is 0 Å². The zero-order valence-corrected chi connectivity index (χ0v) is 12.9. The number of rotatable bonds is 4. The van der Waals surface area contributed by atoms with Gasteiger partial charge in [0.2, 0.25) is 5.91 Å². The summed E-state index contributed by atoms with van der Waals surface area (Å²) in [4.78, 5) is 12.0. The summed E-state index contributed by atoms with van der Waals surface area (Å²) >= 11 is 6.07. The number of hydrogen-bond acceptors (Lipinski definition) is 3. The molecule has 0 radical (unpaired) electrons. The van der Waals surface area contributed by atoms with Gasteiger partial charge in [-0.2, -0.15) is 10.2 Å². The fourth-order valence-electron chi connectivity index (χ4n) is 2.74. The third-order valence-corrected chi connectivity index (χ3v) is 4.48. The van der Waals surface area contributed by atoms with E-state index in [4.69, 9.17) is 11.6 Å². The Bertz CT molecular complexity index is 688. The van der Waals surface area contributed by atoms with Gasteiger partial charge in [-0.3, -0.25) is 14.6 Å². The highest BCUT2D eigenvalue weighted by Gasteiger charge is 2.19. The van der Waals surface area contributed by atoms with Crippen LogP contribution in [0.2, 0.25) is 5.02 Å². The SMILES string of the molecule is Cc1nn(CC(=O)NCc2n[nH]c3c2CCC3)c(C)c1Cl. The minimum Gasteiger partial charge on any atom is -0.349 e. The Morgan fingerprint density at radius 1 is 1.43 bits per heavy atom. The molecule has 2 aromatic rings. The predicted molar refractivity (Wildman–Crippen MR) is 79.2 cm³/mol. The van der Waals surface area contributed by atoms with Crippen LogP contribution in [-0.4, -0.2) is 25.9 Å². The van der Waals surface area contributed by atoms with Crippen LogP contribution in [0.3, 0.4) is 0 Å². The predicted octanol–water partition coefficient (Wildman–Crippen LogP) is 1.68. The number of aromatic amines is 1. The van der Waals surface area contributed by atoms with E-state index in [1.54, 1.807) is 4.68 Å². The summed E-state index contributed by atoms with van der Waals surface area (Å²) in [5.74, 6) is -0.0907. The number of carbonyl (C=O) groups is 1. The van der Waals surface area contributed by atoms with E-state index in [-0.39, 0.29) is 12.5 Å². The van der Waals surface area contributed by atoms with Crippen molar-refractivity contribution in [3.05, 3.63) is 33.4 Å². The fourth-order valence-corrected chi connectivity index (χ4v) is 2.87. The summed E-state index contributed by atoms with van der Waals surface area (Å²) in [6.45, 7) is 4.32. The van der Waals surface area contributed by atoms with Gasteiger partial charge in [0.1, 0.15) is 6.54 Å². The first-order chi connectivity index (χ1) is 10.1. The lowest BCUT2D eigenvalue weighted by molar-refractivity contribution is -0.122. The highest BCUT2D eigenvalue weighted by atomic mass is 35.5. The van der Waals surface area contributed by atoms with Gasteiger partial charge in [-0.1, -0.05) is 11.6 Å². The van der Waals surface area contributed by atoms with E-state index in [2.05, 4.69) is 20.6 Å². The Kier molecular flexibility index (Phi) is 3.71. The van der Waals surface area contributed by atoms with E-state index < -0.39 is 0 Å². The van der Waals surface area contributed by atoms with Crippen molar-refractivity contribution in [2.75, 3.05) is 0 Å². The molecular weight excluding hydrogens is 290 g/mol. The number of nitrogens with one attached hydrogen (secondary N) is 2. The number of fused-ring (bicyclic) bond motifs is 1. The molecule has 0 atom stereocenters. The number of carbonyl (C=O) groups excluding carboxylic acids is 1. The summed E-state index contributed by atoms with van der Waals surface area (Å²) in [6.07, 6.45) is 3.26. The van der Waals surface area contributed by atoms with Crippen molar-refractivity contribution < 1.29 is 4.79 Å². The van der Waals surface area contributed by atoms with E-state index in [1.807, 2.05) is 13.8 Å². The molecule has 0 saturated heterocycles. The molecule has 1 aliphatic rings. The van der Waals surface area contributed by atoms with Crippen molar-refractivity contribution in [2.24, 2.45) is 0 Å². The van der Waals surface area contributed by atoms with Gasteiger partial charge in [0.15, 0.2) is 0 Å². The number of halogens is 1. The highest BCUT2D eigenvalue weighted by molar-refractivity contribution is 6.31. The third-order valence-electron chi connectivity index (χ3n) is 3.93. The first kappa shape index (κ1) is 14.1. The molecule has 7 heteroatoms. The van der Waals surface area contributed by atoms with Crippen LogP contribution in [0.5, 0.6) is 0 Å². The molecule has 0 spiro atoms. The summed E-state index contributed by atoms with van der Waals surface area (Å²) in [6, 6.07) is 0. The minimum absolute atomic E-state index is 0.0907. The van der Waals surface area contributed by atoms with Crippen molar-refractivity contribution >= 4 is 17.5 Å². The summed E-state index contributed by atoms with van der Waals surface area (Å²) in [5.41, 5.74) is 4.98. The third kappa shape index (κ3) is 2.68. The van der Waals surface area contributed by atoms with Crippen LogP contribution in [0.25, 0.3) is 0 Å². The Labute approximate surface area is 127 Å². The molecule has 2 heterocycles. The van der Waals surface area contributed by atoms with Gasteiger partial charge in [-0.25, -0.2) is 0 Å². The highest BCUT2D eigenvalue weighted by Crippen LogP contribution is 2.22. The second-order valence-corrected chi connectivity index (χ2v) is 5.78. The molecule has 0 saturated carbocycles. The summed E-state index contributed by atoms with van der Waals surface area (Å²) in [5, 5.41) is 15.1. The van der Waals surface area contributed by atoms with E-state index in [0.717, 1.165) is 36.3 Å². The van der Waals surface area contributed by atoms with Crippen molar-refractivity contribution in [2.45, 2.75) is 46.2 Å². The standard InChI is InChI=1S/C14H18ClN5O/c1-8-14(15)9(2)20(19-8)7-13(21)16-6-12-10-4-3-5-11(10)17-18-12/h3-7H2,1-2H3,(H,16,21)(H,17,18). The molecule has 6 nitrogen and oxygen atoms in total. The molecule has 1 aliphatic carbocycles. The van der Waals surface area contributed by atoms with Gasteiger partial charge in [0.05, 0.1) is 28.6 Å². The van der Waals surface area contributed by atoms with E-state index in [9.17, 15) is 4.79 Å². The van der Waals surface area contributed by atoms with Crippen LogP contribution in [0.1, 0.15) is 34.8 Å². The molecule has 2 aromatic heterocycles. The number of H-pyrrole nitrogens is 1. The average Bonchev–Trinajstić information content (AvgIpc) is 3.10. The summed E-state index contributed by atoms with van der Waals surface area (Å²) in [7, 11) is 0. The molecule has 0 aliphatic heterocycles. The molecular formula is C14H18ClN5O. The molecule has 3 rings (SSSR count). The monoisotopic (exact) mass is 307 g/mol. The lowest BCUT2D eigenvalue weighted by Crippen LogP contribution is -2.28. The van der Waals surface area contributed by atoms with Gasteiger partial charge in [-0.15, -0.1) is 0 Å². The molecule has 0 unspecified atom stereocenters. The van der Waals surface area contributed by atoms with Crippen molar-refractivity contribution in [3.8, 4) is 0 Å². The molecule has 21 heavy (non-hydrogen) atoms. The second-order valence-electron chi connectivity index (χ2n) is 5.40. The van der Waals surface area contributed by atoms with Crippen LogP contribution in [0.4, 0.5) is 0 Å². The molecule has 0 aromatic carbocycles. The Morgan fingerprint density at radius 2 is 2.24 bits per heavy atom. The molecule has 0 fully saturated rings. The molecule has 2 N–H and O–H groups in total. The van der Waals surface area contributed by atoms with Gasteiger partial charge in [0, 0.05) is 5.69 Å². The molecule has 1 amide bonds. The van der Waals surface area contributed by atoms with Gasteiger partial charge in [-0.05, 0) is 38.7 Å². The lowest BCUT2D eigenvalue weighted by atomic mass is 10.2. The first-order valence-corrected chi connectivity index (χ1v) is 7.45. The molecule has 112 valence electrons. The smallest absolute Gasteiger partial charge is 0.242 e. The van der Waals surface area contributed by atoms with Crippen molar-refractivity contribution in [1.82, 2.24) is 25.3 Å². The number of aryl methyl sites for hydroxylation is 2. The minimum atomic E-state index is -0.0907. The van der Waals surface area contributed by atoms with Gasteiger partial charge >= 0.3 is 0 Å². The summed E-state index contributed by atoms with van der Waals surface area (Å²) < 4.78 is 1.63. The van der Waals surface area contributed by atoms with Crippen LogP contribution in [0, 0.1) is 13.8 Å². The Morgan fingerprint density at radius 3 is 2.95 bits per heavy atom. The maximum atomic E-state index is 12.0. The topological polar surface area (TPSA) is 75.6 Å². The zero-order valence-electron chi connectivity index (χ0n) is 12.2. The van der Waals surface area contributed by atoms with E-state index in [1.165, 1.54) is 11.3 Å². The Hall–Kier alpha value is -1.82. The van der Waals surface area contributed by atoms with Crippen LogP contribution < -0.4 is 5.32 Å². The van der Waals surface area contributed by atoms with Crippen LogP contribution >= 0.6 is 11.6 Å². The fraction of sp³-hybridized carbons (Fsp3) is 0.500. The number of nitrogens with zero attached hydrogens (tertiary/aromatic N) is 3. The van der Waals surface area contributed by atoms with Crippen LogP contribution in [0.15, 0.2) is 0 Å². The maximum absolute atomic E-state index is 12.0. The van der Waals surface area contributed by atoms with Crippen LogP contribution in [-0.2, 0) is 30.7 Å². The zero-order chi connectivity index (χ0) is 15.0. The number of hydrogen-bond donors (Lipinski definition) is 2. The van der Waals surface area contributed by atoms with Gasteiger partial charge < -0.3 is 5.32 Å². The van der Waals surface area contributed by atoms with Crippen molar-refractivity contribution in [3.63, 3.8) is 0 Å². The van der Waals surface area contributed by atoms with Crippen molar-refractivity contribution in [1.29, 1.82) is 0 Å². The lowest BCUT2D eigenvalue weighted by Gasteiger charge is -2.06. The first-order valence-electron chi connectivity index (χ1n) is 7.07. The normalized spacial score (nSPS) is 13.5. The van der Waals surface area contributed by atoms with E-state index in [0.29, 0.717) is 11.6 Å². The maximum Gasteiger partial charge on any atom is 0.242 e. The van der Waals surface area contributed by atoms with E-state index >= 15 is 0 Å². The average molecular weight is 308 g/mol. The quantitative estimate of drug-likeness (QED) is 0.902. The number of aromatic nitrogens is 4. The Balaban J connectivity index is 1.60.